The van der Waals surface area contributed by atoms with Crippen LogP contribution in [-0.2, 0) is 17.8 Å². The summed E-state index contributed by atoms with van der Waals surface area (Å²) in [6, 6.07) is 0. The Morgan fingerprint density at radius 1 is 1.43 bits per heavy atom. The Labute approximate surface area is 82.5 Å². The van der Waals surface area contributed by atoms with Gasteiger partial charge in [-0.3, -0.25) is 0 Å². The lowest BCUT2D eigenvalue weighted by atomic mass is 10.1. The minimum absolute atomic E-state index is 0.467. The number of fused-ring (bicyclic) bond motifs is 1. The van der Waals surface area contributed by atoms with Crippen molar-refractivity contribution in [3.8, 4) is 0 Å². The van der Waals surface area contributed by atoms with E-state index >= 15 is 0 Å². The van der Waals surface area contributed by atoms with Gasteiger partial charge in [0, 0.05) is 25.6 Å². The summed E-state index contributed by atoms with van der Waals surface area (Å²) in [5.74, 6) is 2.66. The molecule has 3 heterocycles. The second-order valence-electron chi connectivity index (χ2n) is 3.86. The molecule has 0 saturated carbocycles. The first-order valence-corrected chi connectivity index (χ1v) is 5.15. The lowest BCUT2D eigenvalue weighted by Crippen LogP contribution is -2.29. The fraction of sp³-hybridized carbons (Fsp3) is 0.778. The molecule has 2 aliphatic heterocycles. The first-order valence-electron chi connectivity index (χ1n) is 5.15. The van der Waals surface area contributed by atoms with Crippen molar-refractivity contribution in [2.75, 3.05) is 19.8 Å². The van der Waals surface area contributed by atoms with Gasteiger partial charge in [0.2, 0.25) is 0 Å². The van der Waals surface area contributed by atoms with Crippen LogP contribution in [0.5, 0.6) is 0 Å². The van der Waals surface area contributed by atoms with Crippen LogP contribution >= 0.6 is 0 Å². The van der Waals surface area contributed by atoms with Crippen molar-refractivity contribution in [3.63, 3.8) is 0 Å². The number of nitrogens with zero attached hydrogens (tertiary/aromatic N) is 3. The largest absolute Gasteiger partial charge is 0.381 e. The zero-order valence-corrected chi connectivity index (χ0v) is 8.07. The van der Waals surface area contributed by atoms with Gasteiger partial charge in [0.1, 0.15) is 11.6 Å². The van der Waals surface area contributed by atoms with Crippen molar-refractivity contribution in [1.29, 1.82) is 0 Å². The van der Waals surface area contributed by atoms with Gasteiger partial charge in [-0.25, -0.2) is 0 Å². The normalized spacial score (nSPS) is 26.4. The molecule has 2 aliphatic rings. The van der Waals surface area contributed by atoms with E-state index in [0.717, 1.165) is 50.9 Å². The summed E-state index contributed by atoms with van der Waals surface area (Å²) in [5, 5.41) is 11.8. The second-order valence-corrected chi connectivity index (χ2v) is 3.86. The highest BCUT2D eigenvalue weighted by Gasteiger charge is 2.25. The molecule has 1 N–H and O–H groups in total. The molecule has 5 nitrogen and oxygen atoms in total. The smallest absolute Gasteiger partial charge is 0.147 e. The molecule has 0 aliphatic carbocycles. The van der Waals surface area contributed by atoms with E-state index in [1.54, 1.807) is 0 Å². The van der Waals surface area contributed by atoms with Crippen LogP contribution in [0.4, 0.5) is 0 Å². The Bertz CT molecular complexity index is 330. The topological polar surface area (TPSA) is 52.0 Å². The van der Waals surface area contributed by atoms with Crippen LogP contribution in [0.15, 0.2) is 0 Å². The predicted octanol–water partition coefficient (Wildman–Crippen LogP) is -0.115. The minimum atomic E-state index is 0.467. The van der Waals surface area contributed by atoms with Crippen LogP contribution in [0.1, 0.15) is 24.0 Å². The molecule has 0 bridgehead atoms. The lowest BCUT2D eigenvalue weighted by Gasteiger charge is -2.17. The molecule has 1 aromatic rings. The second kappa shape index (κ2) is 3.33. The highest BCUT2D eigenvalue weighted by atomic mass is 16.5. The highest BCUT2D eigenvalue weighted by molar-refractivity contribution is 5.05. The zero-order chi connectivity index (χ0) is 9.38. The van der Waals surface area contributed by atoms with E-state index in [1.807, 2.05) is 0 Å². The van der Waals surface area contributed by atoms with E-state index in [0.29, 0.717) is 5.92 Å². The van der Waals surface area contributed by atoms with Crippen LogP contribution in [-0.4, -0.2) is 34.5 Å². The Morgan fingerprint density at radius 3 is 3.29 bits per heavy atom. The summed E-state index contributed by atoms with van der Waals surface area (Å²) in [4.78, 5) is 0. The number of aromatic nitrogens is 3. The molecular weight excluding hydrogens is 180 g/mol. The van der Waals surface area contributed by atoms with Gasteiger partial charge in [0.05, 0.1) is 13.2 Å². The summed E-state index contributed by atoms with van der Waals surface area (Å²) in [6.45, 7) is 4.54. The van der Waals surface area contributed by atoms with Crippen molar-refractivity contribution in [3.05, 3.63) is 11.6 Å². The summed E-state index contributed by atoms with van der Waals surface area (Å²) in [6.07, 6.45) is 1.09. The van der Waals surface area contributed by atoms with Crippen LogP contribution in [0, 0.1) is 0 Å². The van der Waals surface area contributed by atoms with Crippen molar-refractivity contribution in [1.82, 2.24) is 20.1 Å². The maximum atomic E-state index is 5.38. The van der Waals surface area contributed by atoms with E-state index in [4.69, 9.17) is 4.74 Å². The van der Waals surface area contributed by atoms with Gasteiger partial charge in [-0.1, -0.05) is 0 Å². The van der Waals surface area contributed by atoms with Gasteiger partial charge in [0.25, 0.3) is 0 Å². The number of hydrogen-bond acceptors (Lipinski definition) is 4. The van der Waals surface area contributed by atoms with Crippen LogP contribution in [0.2, 0.25) is 0 Å². The molecule has 0 spiro atoms. The molecule has 0 aromatic carbocycles. The molecule has 3 rings (SSSR count). The number of rotatable bonds is 1. The van der Waals surface area contributed by atoms with Gasteiger partial charge in [-0.15, -0.1) is 10.2 Å². The SMILES string of the molecule is C1Cn2c(nnc2[C@H]2CCOC2)CN1. The average Bonchev–Trinajstić information content (AvgIpc) is 2.85. The Morgan fingerprint density at radius 2 is 2.43 bits per heavy atom. The van der Waals surface area contributed by atoms with Gasteiger partial charge in [0.15, 0.2) is 0 Å². The minimum Gasteiger partial charge on any atom is -0.381 e. The van der Waals surface area contributed by atoms with Gasteiger partial charge in [-0.05, 0) is 6.42 Å². The Hall–Kier alpha value is -0.940. The van der Waals surface area contributed by atoms with E-state index in [-0.39, 0.29) is 0 Å². The monoisotopic (exact) mass is 194 g/mol. The molecule has 0 radical (unpaired) electrons. The molecule has 1 atom stereocenters. The van der Waals surface area contributed by atoms with E-state index in [1.165, 1.54) is 0 Å². The molecule has 76 valence electrons. The Kier molecular flexibility index (Phi) is 1.99. The zero-order valence-electron chi connectivity index (χ0n) is 8.07. The first-order chi connectivity index (χ1) is 6.95. The predicted molar refractivity (Wildman–Crippen MR) is 49.9 cm³/mol. The average molecular weight is 194 g/mol. The quantitative estimate of drug-likeness (QED) is 0.677. The lowest BCUT2D eigenvalue weighted by molar-refractivity contribution is 0.192. The fourth-order valence-corrected chi connectivity index (χ4v) is 2.15. The van der Waals surface area contributed by atoms with Crippen LogP contribution < -0.4 is 5.32 Å². The van der Waals surface area contributed by atoms with Crippen molar-refractivity contribution >= 4 is 0 Å². The summed E-state index contributed by atoms with van der Waals surface area (Å²) >= 11 is 0. The third-order valence-corrected chi connectivity index (χ3v) is 2.95. The summed E-state index contributed by atoms with van der Waals surface area (Å²) in [5.41, 5.74) is 0. The van der Waals surface area contributed by atoms with E-state index in [2.05, 4.69) is 20.1 Å². The van der Waals surface area contributed by atoms with Crippen LogP contribution in [0.25, 0.3) is 0 Å². The maximum Gasteiger partial charge on any atom is 0.147 e. The van der Waals surface area contributed by atoms with Crippen molar-refractivity contribution in [2.24, 2.45) is 0 Å². The first kappa shape index (κ1) is 8.38. The standard InChI is InChI=1S/C9H14N4O/c1-4-14-6-7(1)9-12-11-8-5-10-2-3-13(8)9/h7,10H,1-6H2/t7-/m0/s1. The van der Waals surface area contributed by atoms with Crippen LogP contribution in [0.3, 0.4) is 0 Å². The van der Waals surface area contributed by atoms with E-state index in [9.17, 15) is 0 Å². The highest BCUT2D eigenvalue weighted by Crippen LogP contribution is 2.24. The summed E-state index contributed by atoms with van der Waals surface area (Å²) < 4.78 is 7.62. The van der Waals surface area contributed by atoms with Gasteiger partial charge in [-0.2, -0.15) is 0 Å². The summed E-state index contributed by atoms with van der Waals surface area (Å²) in [7, 11) is 0. The third kappa shape index (κ3) is 1.24. The molecule has 1 fully saturated rings. The number of hydrogen-bond donors (Lipinski definition) is 1. The van der Waals surface area contributed by atoms with Gasteiger partial charge >= 0.3 is 0 Å². The maximum absolute atomic E-state index is 5.38. The number of nitrogens with one attached hydrogen (secondary N) is 1. The molecule has 14 heavy (non-hydrogen) atoms. The van der Waals surface area contributed by atoms with E-state index < -0.39 is 0 Å². The molecule has 5 heteroatoms. The van der Waals surface area contributed by atoms with Gasteiger partial charge < -0.3 is 14.6 Å². The van der Waals surface area contributed by atoms with Crippen molar-refractivity contribution < 1.29 is 4.74 Å². The Balaban J connectivity index is 1.93. The van der Waals surface area contributed by atoms with Crippen molar-refractivity contribution in [2.45, 2.75) is 25.4 Å². The molecule has 0 unspecified atom stereocenters. The molecule has 1 aromatic heterocycles. The third-order valence-electron chi connectivity index (χ3n) is 2.95. The number of ether oxygens (including phenoxy) is 1. The molecular formula is C9H14N4O. The fourth-order valence-electron chi connectivity index (χ4n) is 2.15. The molecule has 0 amide bonds. The molecule has 1 saturated heterocycles.